The highest BCUT2D eigenvalue weighted by Gasteiger charge is 2.10. The van der Waals surface area contributed by atoms with Crippen LogP contribution in [0.5, 0.6) is 0 Å². The standard InChI is InChI=1S/C7H11N/c1-6-4-5-7(2)8(6)3/h4-5,7H,1H2,2-3H3/t7-/m0/s1. The van der Waals surface area contributed by atoms with Crippen LogP contribution in [0, 0.1) is 0 Å². The van der Waals surface area contributed by atoms with Crippen molar-refractivity contribution in [3.05, 3.63) is 24.4 Å². The van der Waals surface area contributed by atoms with Gasteiger partial charge in [0.15, 0.2) is 0 Å². The van der Waals surface area contributed by atoms with Crippen LogP contribution in [0.15, 0.2) is 24.4 Å². The molecule has 0 spiro atoms. The predicted octanol–water partition coefficient (Wildman–Crippen LogP) is 1.39. The van der Waals surface area contributed by atoms with Crippen LogP contribution < -0.4 is 0 Å². The predicted molar refractivity (Wildman–Crippen MR) is 35.5 cm³/mol. The third-order valence-electron chi connectivity index (χ3n) is 1.63. The van der Waals surface area contributed by atoms with E-state index in [1.54, 1.807) is 0 Å². The van der Waals surface area contributed by atoms with Crippen molar-refractivity contribution in [2.75, 3.05) is 7.05 Å². The lowest BCUT2D eigenvalue weighted by atomic mass is 10.3. The zero-order valence-electron chi connectivity index (χ0n) is 5.39. The van der Waals surface area contributed by atoms with Crippen molar-refractivity contribution in [1.29, 1.82) is 0 Å². The van der Waals surface area contributed by atoms with E-state index in [-0.39, 0.29) is 0 Å². The normalized spacial score (nSPS) is 27.5. The zero-order valence-corrected chi connectivity index (χ0v) is 5.39. The number of allylic oxidation sites excluding steroid dienone is 1. The van der Waals surface area contributed by atoms with Gasteiger partial charge >= 0.3 is 0 Å². The lowest BCUT2D eigenvalue weighted by molar-refractivity contribution is 0.406. The van der Waals surface area contributed by atoms with Crippen LogP contribution in [0.3, 0.4) is 0 Å². The van der Waals surface area contributed by atoms with Gasteiger partial charge in [0, 0.05) is 18.8 Å². The Kier molecular flexibility index (Phi) is 1.12. The minimum atomic E-state index is 0.544. The molecule has 1 heteroatoms. The molecule has 44 valence electrons. The number of rotatable bonds is 0. The summed E-state index contributed by atoms with van der Waals surface area (Å²) in [5.74, 6) is 0. The molecule has 0 aromatic carbocycles. The monoisotopic (exact) mass is 109 g/mol. The second-order valence-electron chi connectivity index (χ2n) is 2.20. The summed E-state index contributed by atoms with van der Waals surface area (Å²) in [5, 5.41) is 0. The fourth-order valence-electron chi connectivity index (χ4n) is 0.759. The molecular weight excluding hydrogens is 98.1 g/mol. The molecule has 1 rings (SSSR count). The summed E-state index contributed by atoms with van der Waals surface area (Å²) in [7, 11) is 2.05. The third kappa shape index (κ3) is 0.641. The van der Waals surface area contributed by atoms with Gasteiger partial charge in [0.1, 0.15) is 0 Å². The van der Waals surface area contributed by atoms with E-state index in [2.05, 4.69) is 24.5 Å². The Morgan fingerprint density at radius 2 is 2.38 bits per heavy atom. The van der Waals surface area contributed by atoms with E-state index in [9.17, 15) is 0 Å². The quantitative estimate of drug-likeness (QED) is 0.454. The summed E-state index contributed by atoms with van der Waals surface area (Å²) in [6.07, 6.45) is 4.19. The molecule has 0 saturated heterocycles. The maximum atomic E-state index is 3.82. The summed E-state index contributed by atoms with van der Waals surface area (Å²) in [6.45, 7) is 5.97. The molecule has 1 heterocycles. The minimum Gasteiger partial charge on any atom is -0.369 e. The van der Waals surface area contributed by atoms with Crippen molar-refractivity contribution < 1.29 is 0 Å². The smallest absolute Gasteiger partial charge is 0.0445 e. The third-order valence-corrected chi connectivity index (χ3v) is 1.63. The second-order valence-corrected chi connectivity index (χ2v) is 2.20. The van der Waals surface area contributed by atoms with Crippen molar-refractivity contribution >= 4 is 0 Å². The number of hydrogen-bond acceptors (Lipinski definition) is 1. The lowest BCUT2D eigenvalue weighted by Crippen LogP contribution is -2.19. The maximum absolute atomic E-state index is 3.82. The van der Waals surface area contributed by atoms with Crippen LogP contribution in [0.25, 0.3) is 0 Å². The van der Waals surface area contributed by atoms with E-state index in [1.165, 1.54) is 0 Å². The van der Waals surface area contributed by atoms with E-state index in [1.807, 2.05) is 13.1 Å². The van der Waals surface area contributed by atoms with Gasteiger partial charge in [-0.1, -0.05) is 12.7 Å². The minimum absolute atomic E-state index is 0.544. The molecule has 1 aliphatic heterocycles. The topological polar surface area (TPSA) is 3.24 Å². The van der Waals surface area contributed by atoms with Crippen LogP contribution in [0.2, 0.25) is 0 Å². The summed E-state index contributed by atoms with van der Waals surface area (Å²) in [5.41, 5.74) is 1.11. The first-order chi connectivity index (χ1) is 3.72. The van der Waals surface area contributed by atoms with Crippen molar-refractivity contribution in [3.8, 4) is 0 Å². The van der Waals surface area contributed by atoms with Gasteiger partial charge < -0.3 is 4.90 Å². The molecule has 0 aromatic rings. The number of likely N-dealkylation sites (N-methyl/N-ethyl adjacent to an activating group) is 1. The number of nitrogens with zero attached hydrogens (tertiary/aromatic N) is 1. The van der Waals surface area contributed by atoms with E-state index >= 15 is 0 Å². The number of hydrogen-bond donors (Lipinski definition) is 0. The Morgan fingerprint density at radius 3 is 2.50 bits per heavy atom. The van der Waals surface area contributed by atoms with Crippen LogP contribution >= 0.6 is 0 Å². The molecule has 0 aromatic heterocycles. The highest BCUT2D eigenvalue weighted by atomic mass is 15.1. The second kappa shape index (κ2) is 1.66. The fraction of sp³-hybridized carbons (Fsp3) is 0.429. The highest BCUT2D eigenvalue weighted by Crippen LogP contribution is 2.14. The molecule has 0 bridgehead atoms. The van der Waals surface area contributed by atoms with E-state index in [0.29, 0.717) is 6.04 Å². The Labute approximate surface area is 50.3 Å². The van der Waals surface area contributed by atoms with Crippen LogP contribution in [0.4, 0.5) is 0 Å². The molecule has 0 N–H and O–H groups in total. The van der Waals surface area contributed by atoms with Gasteiger partial charge in [-0.15, -0.1) is 0 Å². The van der Waals surface area contributed by atoms with Crippen molar-refractivity contribution in [3.63, 3.8) is 0 Å². The summed E-state index contributed by atoms with van der Waals surface area (Å²) < 4.78 is 0. The van der Waals surface area contributed by atoms with Crippen LogP contribution in [-0.2, 0) is 0 Å². The van der Waals surface area contributed by atoms with Gasteiger partial charge in [0.25, 0.3) is 0 Å². The molecule has 1 aliphatic rings. The molecule has 0 saturated carbocycles. The summed E-state index contributed by atoms with van der Waals surface area (Å²) in [6, 6.07) is 0.544. The Bertz CT molecular complexity index is 135. The van der Waals surface area contributed by atoms with E-state index < -0.39 is 0 Å². The van der Waals surface area contributed by atoms with Crippen LogP contribution in [0.1, 0.15) is 6.92 Å². The molecule has 0 aliphatic carbocycles. The molecule has 0 fully saturated rings. The van der Waals surface area contributed by atoms with Gasteiger partial charge in [-0.3, -0.25) is 0 Å². The van der Waals surface area contributed by atoms with Gasteiger partial charge in [0.2, 0.25) is 0 Å². The van der Waals surface area contributed by atoms with Gasteiger partial charge in [-0.05, 0) is 13.0 Å². The summed E-state index contributed by atoms with van der Waals surface area (Å²) in [4.78, 5) is 2.14. The zero-order chi connectivity index (χ0) is 6.15. The average Bonchev–Trinajstić information content (AvgIpc) is 1.98. The van der Waals surface area contributed by atoms with E-state index in [0.717, 1.165) is 5.70 Å². The van der Waals surface area contributed by atoms with Crippen molar-refractivity contribution in [1.82, 2.24) is 4.90 Å². The molecule has 1 nitrogen and oxygen atoms in total. The molecule has 8 heavy (non-hydrogen) atoms. The maximum Gasteiger partial charge on any atom is 0.0445 e. The fourth-order valence-corrected chi connectivity index (χ4v) is 0.759. The Hall–Kier alpha value is -0.720. The van der Waals surface area contributed by atoms with Crippen molar-refractivity contribution in [2.45, 2.75) is 13.0 Å². The SMILES string of the molecule is C=C1C=C[C@H](C)N1C. The molecule has 0 unspecified atom stereocenters. The van der Waals surface area contributed by atoms with Gasteiger partial charge in [-0.2, -0.15) is 0 Å². The molecule has 0 radical (unpaired) electrons. The average molecular weight is 109 g/mol. The van der Waals surface area contributed by atoms with Gasteiger partial charge in [-0.25, -0.2) is 0 Å². The molecular formula is C7H11N. The Balaban J connectivity index is 2.69. The highest BCUT2D eigenvalue weighted by molar-refractivity contribution is 5.22. The molecule has 1 atom stereocenters. The lowest BCUT2D eigenvalue weighted by Gasteiger charge is -2.17. The van der Waals surface area contributed by atoms with E-state index in [4.69, 9.17) is 0 Å². The first kappa shape index (κ1) is 5.42. The Morgan fingerprint density at radius 1 is 1.75 bits per heavy atom. The van der Waals surface area contributed by atoms with Gasteiger partial charge in [0.05, 0.1) is 0 Å². The largest absolute Gasteiger partial charge is 0.369 e. The van der Waals surface area contributed by atoms with Crippen molar-refractivity contribution in [2.24, 2.45) is 0 Å². The van der Waals surface area contributed by atoms with Crippen LogP contribution in [-0.4, -0.2) is 18.0 Å². The summed E-state index contributed by atoms with van der Waals surface area (Å²) >= 11 is 0. The first-order valence-electron chi connectivity index (χ1n) is 2.82. The molecule has 0 amide bonds. The first-order valence-corrected chi connectivity index (χ1v) is 2.82.